The molecule has 0 spiro atoms. The molecule has 1 aromatic heterocycles. The highest BCUT2D eigenvalue weighted by molar-refractivity contribution is 8.00. The first kappa shape index (κ1) is 20.7. The molecule has 0 aliphatic carbocycles. The lowest BCUT2D eigenvalue weighted by Crippen LogP contribution is -2.41. The quantitative estimate of drug-likeness (QED) is 0.530. The van der Waals surface area contributed by atoms with Crippen LogP contribution in [0, 0.1) is 0 Å². The van der Waals surface area contributed by atoms with Crippen molar-refractivity contribution < 1.29 is 9.59 Å². The molecule has 1 atom stereocenters. The molecule has 1 unspecified atom stereocenters. The van der Waals surface area contributed by atoms with Gasteiger partial charge >= 0.3 is 0 Å². The largest absolute Gasteiger partial charge is 0.322 e. The number of carbonyl (C=O) groups is 2. The summed E-state index contributed by atoms with van der Waals surface area (Å²) in [6.45, 7) is 1.13. The number of amides is 2. The van der Waals surface area contributed by atoms with Crippen molar-refractivity contribution >= 4 is 35.2 Å². The van der Waals surface area contributed by atoms with Crippen LogP contribution in [0.3, 0.4) is 0 Å². The van der Waals surface area contributed by atoms with Crippen LogP contribution in [0.5, 0.6) is 0 Å². The van der Waals surface area contributed by atoms with E-state index in [4.69, 9.17) is 11.6 Å². The summed E-state index contributed by atoms with van der Waals surface area (Å²) in [6.07, 6.45) is 6.11. The monoisotopic (exact) mass is 439 g/mol. The predicted molar refractivity (Wildman–Crippen MR) is 119 cm³/mol. The molecule has 0 radical (unpaired) electrons. The molecule has 0 bridgehead atoms. The topological polar surface area (TPSA) is 55.2 Å². The Bertz CT molecular complexity index is 1020. The fourth-order valence-corrected chi connectivity index (χ4v) is 4.78. The lowest BCUT2D eigenvalue weighted by atomic mass is 10.2. The number of hydrogen-bond donors (Lipinski definition) is 0. The van der Waals surface area contributed by atoms with E-state index in [1.807, 2.05) is 29.0 Å². The number of halogens is 1. The first-order valence-corrected chi connectivity index (χ1v) is 11.2. The molecule has 30 heavy (non-hydrogen) atoms. The fourth-order valence-electron chi connectivity index (χ4n) is 3.51. The molecule has 2 amide bonds. The van der Waals surface area contributed by atoms with Crippen LogP contribution in [-0.4, -0.2) is 38.1 Å². The molecular formula is C23H22ClN3O2S. The van der Waals surface area contributed by atoms with Crippen molar-refractivity contribution in [2.45, 2.75) is 36.2 Å². The van der Waals surface area contributed by atoms with Crippen molar-refractivity contribution in [3.05, 3.63) is 83.1 Å². The maximum Gasteiger partial charge on any atom is 0.260 e. The van der Waals surface area contributed by atoms with Gasteiger partial charge in [0.1, 0.15) is 0 Å². The molecule has 7 heteroatoms. The maximum atomic E-state index is 13.2. The molecule has 1 aliphatic rings. The molecule has 154 valence electrons. The number of aromatic nitrogens is 2. The Morgan fingerprint density at radius 2 is 1.87 bits per heavy atom. The first-order chi connectivity index (χ1) is 14.6. The summed E-state index contributed by atoms with van der Waals surface area (Å²) in [5.41, 5.74) is 1.65. The molecule has 4 rings (SSSR count). The predicted octanol–water partition coefficient (Wildman–Crippen LogP) is 4.90. The second-order valence-corrected chi connectivity index (χ2v) is 8.83. The summed E-state index contributed by atoms with van der Waals surface area (Å²) in [7, 11) is 0. The number of likely N-dealkylation sites (tertiary alicyclic amines) is 1. The smallest absolute Gasteiger partial charge is 0.260 e. The molecule has 1 saturated heterocycles. The summed E-state index contributed by atoms with van der Waals surface area (Å²) >= 11 is 7.37. The van der Waals surface area contributed by atoms with Crippen LogP contribution < -0.4 is 0 Å². The number of rotatable bonds is 5. The molecule has 2 heterocycles. The zero-order valence-corrected chi connectivity index (χ0v) is 18.0. The number of carbonyl (C=O) groups excluding carboxylic acids is 2. The van der Waals surface area contributed by atoms with E-state index in [0.717, 1.165) is 24.4 Å². The van der Waals surface area contributed by atoms with Gasteiger partial charge in [0.2, 0.25) is 5.91 Å². The van der Waals surface area contributed by atoms with Gasteiger partial charge in [-0.1, -0.05) is 60.1 Å². The fraction of sp³-hybridized carbons (Fsp3) is 0.261. The molecule has 0 saturated carbocycles. The Morgan fingerprint density at radius 3 is 2.63 bits per heavy atom. The van der Waals surface area contributed by atoms with Crippen LogP contribution in [0.2, 0.25) is 5.02 Å². The summed E-state index contributed by atoms with van der Waals surface area (Å²) in [5, 5.41) is 1.02. The Labute approximate surface area is 185 Å². The van der Waals surface area contributed by atoms with E-state index in [9.17, 15) is 9.59 Å². The Balaban J connectivity index is 1.50. The highest BCUT2D eigenvalue weighted by atomic mass is 35.5. The molecule has 2 aromatic carbocycles. The van der Waals surface area contributed by atoms with E-state index in [2.05, 4.69) is 17.1 Å². The van der Waals surface area contributed by atoms with Crippen molar-refractivity contribution in [1.82, 2.24) is 14.5 Å². The van der Waals surface area contributed by atoms with Crippen LogP contribution in [0.15, 0.2) is 72.1 Å². The SMILES string of the molecule is O=C(c1ccc(Cl)cc1)N1CCCCC(Sc2nccn2Cc2ccccc2)C1=O. The van der Waals surface area contributed by atoms with Crippen molar-refractivity contribution in [2.75, 3.05) is 6.54 Å². The third-order valence-corrected chi connectivity index (χ3v) is 6.62. The van der Waals surface area contributed by atoms with Gasteiger partial charge in [0.15, 0.2) is 5.16 Å². The molecule has 3 aromatic rings. The third-order valence-electron chi connectivity index (χ3n) is 5.10. The van der Waals surface area contributed by atoms with Crippen molar-refractivity contribution in [2.24, 2.45) is 0 Å². The van der Waals surface area contributed by atoms with Gasteiger partial charge in [-0.2, -0.15) is 0 Å². The summed E-state index contributed by atoms with van der Waals surface area (Å²) < 4.78 is 2.05. The minimum atomic E-state index is -0.333. The van der Waals surface area contributed by atoms with Crippen LogP contribution in [0.1, 0.15) is 35.2 Å². The van der Waals surface area contributed by atoms with E-state index in [1.54, 1.807) is 30.5 Å². The van der Waals surface area contributed by atoms with Crippen LogP contribution in [0.25, 0.3) is 0 Å². The van der Waals surface area contributed by atoms with Crippen LogP contribution in [0.4, 0.5) is 0 Å². The number of imide groups is 1. The lowest BCUT2D eigenvalue weighted by Gasteiger charge is -2.22. The highest BCUT2D eigenvalue weighted by Gasteiger charge is 2.33. The molecule has 5 nitrogen and oxygen atoms in total. The Hall–Kier alpha value is -2.57. The summed E-state index contributed by atoms with van der Waals surface area (Å²) in [5.74, 6) is -0.413. The minimum Gasteiger partial charge on any atom is -0.322 e. The van der Waals surface area contributed by atoms with Gasteiger partial charge in [-0.15, -0.1) is 0 Å². The number of imidazole rings is 1. The van der Waals surface area contributed by atoms with E-state index in [1.165, 1.54) is 22.2 Å². The lowest BCUT2D eigenvalue weighted by molar-refractivity contribution is -0.127. The van der Waals surface area contributed by atoms with Gasteiger partial charge in [-0.05, 0) is 42.7 Å². The normalized spacial score (nSPS) is 17.0. The minimum absolute atomic E-state index is 0.147. The number of nitrogens with zero attached hydrogens (tertiary/aromatic N) is 3. The van der Waals surface area contributed by atoms with Gasteiger partial charge in [-0.25, -0.2) is 4.98 Å². The first-order valence-electron chi connectivity index (χ1n) is 9.95. The van der Waals surface area contributed by atoms with Gasteiger partial charge in [-0.3, -0.25) is 14.5 Å². The molecule has 1 aliphatic heterocycles. The van der Waals surface area contributed by atoms with Gasteiger partial charge in [0, 0.05) is 36.1 Å². The zero-order valence-electron chi connectivity index (χ0n) is 16.4. The number of benzene rings is 2. The standard InChI is InChI=1S/C23H22ClN3O2S/c24-19-11-9-18(10-12-19)21(28)27-14-5-4-8-20(22(27)29)30-23-25-13-15-26(23)16-17-6-2-1-3-7-17/h1-3,6-7,9-13,15,20H,4-5,8,14,16H2. The third kappa shape index (κ3) is 4.77. The van der Waals surface area contributed by atoms with E-state index < -0.39 is 0 Å². The van der Waals surface area contributed by atoms with Crippen LogP contribution >= 0.6 is 23.4 Å². The van der Waals surface area contributed by atoms with E-state index in [-0.39, 0.29) is 17.1 Å². The van der Waals surface area contributed by atoms with E-state index in [0.29, 0.717) is 23.7 Å². The molecule has 1 fully saturated rings. The van der Waals surface area contributed by atoms with Gasteiger partial charge in [0.05, 0.1) is 5.25 Å². The average molecular weight is 440 g/mol. The average Bonchev–Trinajstić information content (AvgIpc) is 3.11. The highest BCUT2D eigenvalue weighted by Crippen LogP contribution is 2.30. The second-order valence-electron chi connectivity index (χ2n) is 7.23. The van der Waals surface area contributed by atoms with E-state index >= 15 is 0 Å². The summed E-state index contributed by atoms with van der Waals surface area (Å²) in [6, 6.07) is 16.8. The Kier molecular flexibility index (Phi) is 6.55. The van der Waals surface area contributed by atoms with Crippen LogP contribution in [-0.2, 0) is 11.3 Å². The summed E-state index contributed by atoms with van der Waals surface area (Å²) in [4.78, 5) is 32.1. The molecular weight excluding hydrogens is 418 g/mol. The zero-order chi connectivity index (χ0) is 20.9. The van der Waals surface area contributed by atoms with Crippen molar-refractivity contribution in [3.8, 4) is 0 Å². The number of thioether (sulfide) groups is 1. The molecule has 0 N–H and O–H groups in total. The number of hydrogen-bond acceptors (Lipinski definition) is 4. The van der Waals surface area contributed by atoms with Gasteiger partial charge < -0.3 is 4.57 Å². The maximum absolute atomic E-state index is 13.2. The second kappa shape index (κ2) is 9.49. The van der Waals surface area contributed by atoms with Gasteiger partial charge in [0.25, 0.3) is 5.91 Å². The Morgan fingerprint density at radius 1 is 1.10 bits per heavy atom. The van der Waals surface area contributed by atoms with Crippen molar-refractivity contribution in [1.29, 1.82) is 0 Å². The van der Waals surface area contributed by atoms with Crippen molar-refractivity contribution in [3.63, 3.8) is 0 Å².